The zero-order valence-electron chi connectivity index (χ0n) is 7.40. The average molecular weight is 191 g/mol. The lowest BCUT2D eigenvalue weighted by atomic mass is 10.0. The van der Waals surface area contributed by atoms with Crippen LogP contribution in [0.1, 0.15) is 18.4 Å². The Bertz CT molecular complexity index is 417. The second kappa shape index (κ2) is 2.86. The fraction of sp³-hybridized carbons (Fsp3) is 0.300. The van der Waals surface area contributed by atoms with E-state index in [1.165, 1.54) is 18.2 Å². The van der Waals surface area contributed by atoms with Crippen molar-refractivity contribution < 1.29 is 15.0 Å². The first-order chi connectivity index (χ1) is 6.68. The standard InChI is InChI=1S/C10H9NO3/c12-6-11-10(3-4-10)8-2-1-7(13)5-9(8)14/h1-2,5,13-14H,3-4H2. The van der Waals surface area contributed by atoms with E-state index >= 15 is 0 Å². The van der Waals surface area contributed by atoms with Crippen molar-refractivity contribution in [2.45, 2.75) is 18.4 Å². The predicted molar refractivity (Wildman–Crippen MR) is 48.8 cm³/mol. The first kappa shape index (κ1) is 8.78. The first-order valence-corrected chi connectivity index (χ1v) is 4.29. The molecule has 0 aromatic heterocycles. The van der Waals surface area contributed by atoms with Crippen LogP contribution >= 0.6 is 0 Å². The molecule has 0 amide bonds. The molecule has 4 heteroatoms. The largest absolute Gasteiger partial charge is 0.508 e. The van der Waals surface area contributed by atoms with Crippen molar-refractivity contribution in [3.8, 4) is 11.5 Å². The number of isocyanates is 1. The molecule has 1 aromatic carbocycles. The van der Waals surface area contributed by atoms with Crippen molar-refractivity contribution >= 4 is 6.08 Å². The fourth-order valence-electron chi connectivity index (χ4n) is 1.56. The molecule has 1 fully saturated rings. The number of aromatic hydroxyl groups is 2. The lowest BCUT2D eigenvalue weighted by Gasteiger charge is -2.09. The van der Waals surface area contributed by atoms with Crippen molar-refractivity contribution in [2.75, 3.05) is 0 Å². The van der Waals surface area contributed by atoms with Gasteiger partial charge in [-0.2, -0.15) is 4.99 Å². The maximum atomic E-state index is 10.2. The molecule has 72 valence electrons. The minimum absolute atomic E-state index is 0.00265. The number of hydrogen-bond donors (Lipinski definition) is 2. The van der Waals surface area contributed by atoms with Crippen molar-refractivity contribution in [3.63, 3.8) is 0 Å². The maximum absolute atomic E-state index is 10.2. The van der Waals surface area contributed by atoms with Crippen molar-refractivity contribution in [3.05, 3.63) is 23.8 Å². The summed E-state index contributed by atoms with van der Waals surface area (Å²) in [7, 11) is 0. The van der Waals surface area contributed by atoms with E-state index in [1.807, 2.05) is 0 Å². The summed E-state index contributed by atoms with van der Waals surface area (Å²) in [5, 5.41) is 18.6. The molecule has 4 nitrogen and oxygen atoms in total. The molecule has 0 atom stereocenters. The van der Waals surface area contributed by atoms with Crippen LogP contribution < -0.4 is 0 Å². The van der Waals surface area contributed by atoms with Gasteiger partial charge in [0.15, 0.2) is 0 Å². The van der Waals surface area contributed by atoms with E-state index in [0.717, 1.165) is 12.8 Å². The molecule has 0 bridgehead atoms. The summed E-state index contributed by atoms with van der Waals surface area (Å²) in [5.74, 6) is -0.0290. The Hall–Kier alpha value is -1.80. The molecule has 0 saturated heterocycles. The normalized spacial score (nSPS) is 17.1. The van der Waals surface area contributed by atoms with Crippen LogP contribution in [-0.2, 0) is 10.3 Å². The minimum Gasteiger partial charge on any atom is -0.508 e. The highest BCUT2D eigenvalue weighted by Gasteiger charge is 2.46. The fourth-order valence-corrected chi connectivity index (χ4v) is 1.56. The van der Waals surface area contributed by atoms with Crippen LogP contribution in [0.25, 0.3) is 0 Å². The summed E-state index contributed by atoms with van der Waals surface area (Å²) in [4.78, 5) is 13.9. The molecule has 0 aliphatic heterocycles. The molecular weight excluding hydrogens is 182 g/mol. The number of rotatable bonds is 2. The second-order valence-corrected chi connectivity index (χ2v) is 3.44. The van der Waals surface area contributed by atoms with Crippen molar-refractivity contribution in [2.24, 2.45) is 4.99 Å². The summed E-state index contributed by atoms with van der Waals surface area (Å²) in [6, 6.07) is 4.30. The number of phenols is 2. The lowest BCUT2D eigenvalue weighted by Crippen LogP contribution is -2.02. The van der Waals surface area contributed by atoms with E-state index < -0.39 is 5.54 Å². The molecule has 0 heterocycles. The van der Waals surface area contributed by atoms with Gasteiger partial charge in [-0.05, 0) is 25.0 Å². The van der Waals surface area contributed by atoms with E-state index in [4.69, 9.17) is 5.11 Å². The number of phenolic OH excluding ortho intramolecular Hbond substituents is 2. The van der Waals surface area contributed by atoms with Gasteiger partial charge in [-0.15, -0.1) is 0 Å². The molecule has 1 aromatic rings. The Morgan fingerprint density at radius 1 is 1.36 bits per heavy atom. The van der Waals surface area contributed by atoms with Crippen LogP contribution in [0, 0.1) is 0 Å². The Balaban J connectivity index is 2.47. The van der Waals surface area contributed by atoms with Crippen LogP contribution in [0.2, 0.25) is 0 Å². The highest BCUT2D eigenvalue weighted by atomic mass is 16.3. The topological polar surface area (TPSA) is 69.9 Å². The molecule has 0 unspecified atom stereocenters. The molecule has 0 radical (unpaired) electrons. The van der Waals surface area contributed by atoms with Gasteiger partial charge < -0.3 is 10.2 Å². The van der Waals surface area contributed by atoms with E-state index in [9.17, 15) is 9.90 Å². The van der Waals surface area contributed by atoms with Crippen molar-refractivity contribution in [1.82, 2.24) is 0 Å². The molecule has 14 heavy (non-hydrogen) atoms. The number of hydrogen-bond acceptors (Lipinski definition) is 4. The highest BCUT2D eigenvalue weighted by Crippen LogP contribution is 2.52. The molecular formula is C10H9NO3. The third-order valence-electron chi connectivity index (χ3n) is 2.47. The van der Waals surface area contributed by atoms with E-state index in [1.54, 1.807) is 6.07 Å². The Morgan fingerprint density at radius 2 is 2.07 bits per heavy atom. The SMILES string of the molecule is O=C=NC1(c2ccc(O)cc2O)CC1. The Morgan fingerprint density at radius 3 is 2.57 bits per heavy atom. The maximum Gasteiger partial charge on any atom is 0.235 e. The van der Waals surface area contributed by atoms with Gasteiger partial charge in [0.1, 0.15) is 17.0 Å². The first-order valence-electron chi connectivity index (χ1n) is 4.29. The number of nitrogens with zero attached hydrogens (tertiary/aromatic N) is 1. The van der Waals surface area contributed by atoms with E-state index in [2.05, 4.69) is 4.99 Å². The summed E-state index contributed by atoms with van der Waals surface area (Å²) in [6.07, 6.45) is 2.99. The zero-order valence-corrected chi connectivity index (χ0v) is 7.40. The van der Waals surface area contributed by atoms with Gasteiger partial charge in [0.2, 0.25) is 6.08 Å². The number of benzene rings is 1. The minimum atomic E-state index is -0.584. The average Bonchev–Trinajstić information content (AvgIpc) is 2.86. The monoisotopic (exact) mass is 191 g/mol. The Kier molecular flexibility index (Phi) is 1.79. The van der Waals surface area contributed by atoms with Gasteiger partial charge in [-0.25, -0.2) is 4.79 Å². The molecule has 1 saturated carbocycles. The summed E-state index contributed by atoms with van der Waals surface area (Å²) in [5.41, 5.74) is -0.00171. The van der Waals surface area contributed by atoms with E-state index in [0.29, 0.717) is 5.56 Å². The second-order valence-electron chi connectivity index (χ2n) is 3.44. The molecule has 1 aliphatic rings. The Labute approximate surface area is 80.5 Å². The van der Waals surface area contributed by atoms with Crippen molar-refractivity contribution in [1.29, 1.82) is 0 Å². The molecule has 2 N–H and O–H groups in total. The predicted octanol–water partition coefficient (Wildman–Crippen LogP) is 1.42. The smallest absolute Gasteiger partial charge is 0.235 e. The van der Waals surface area contributed by atoms with E-state index in [-0.39, 0.29) is 11.5 Å². The van der Waals surface area contributed by atoms with Crippen LogP contribution in [0.3, 0.4) is 0 Å². The summed E-state index contributed by atoms with van der Waals surface area (Å²) >= 11 is 0. The number of carbonyl (C=O) groups excluding carboxylic acids is 1. The molecule has 1 aliphatic carbocycles. The summed E-state index contributed by atoms with van der Waals surface area (Å²) in [6.45, 7) is 0. The highest BCUT2D eigenvalue weighted by molar-refractivity contribution is 5.49. The third kappa shape index (κ3) is 1.26. The van der Waals surface area contributed by atoms with Gasteiger partial charge in [-0.3, -0.25) is 0 Å². The third-order valence-corrected chi connectivity index (χ3v) is 2.47. The molecule has 0 spiro atoms. The van der Waals surface area contributed by atoms with Gasteiger partial charge in [0, 0.05) is 11.6 Å². The van der Waals surface area contributed by atoms with Gasteiger partial charge >= 0.3 is 0 Å². The molecule has 2 rings (SSSR count). The lowest BCUT2D eigenvalue weighted by molar-refractivity contribution is 0.440. The number of aliphatic imine (C=N–C) groups is 1. The van der Waals surface area contributed by atoms with Gasteiger partial charge in [0.25, 0.3) is 0 Å². The van der Waals surface area contributed by atoms with Gasteiger partial charge in [0.05, 0.1) is 0 Å². The van der Waals surface area contributed by atoms with Crippen LogP contribution in [0.4, 0.5) is 0 Å². The zero-order chi connectivity index (χ0) is 10.2. The summed E-state index contributed by atoms with van der Waals surface area (Å²) < 4.78 is 0. The van der Waals surface area contributed by atoms with Crippen LogP contribution in [0.15, 0.2) is 23.2 Å². The van der Waals surface area contributed by atoms with Gasteiger partial charge in [-0.1, -0.05) is 0 Å². The quantitative estimate of drug-likeness (QED) is 0.548. The van der Waals surface area contributed by atoms with Crippen LogP contribution in [-0.4, -0.2) is 16.3 Å². The van der Waals surface area contributed by atoms with Crippen LogP contribution in [0.5, 0.6) is 11.5 Å².